The van der Waals surface area contributed by atoms with Crippen LogP contribution in [0.15, 0.2) is 36.4 Å². The number of alkyl halides is 3. The first-order valence-electron chi connectivity index (χ1n) is 9.42. The van der Waals surface area contributed by atoms with Gasteiger partial charge in [-0.1, -0.05) is 24.3 Å². The highest BCUT2D eigenvalue weighted by atomic mass is 19.4. The highest BCUT2D eigenvalue weighted by Gasteiger charge is 2.38. The molecule has 0 aromatic heterocycles. The maximum absolute atomic E-state index is 13.4. The van der Waals surface area contributed by atoms with E-state index in [4.69, 9.17) is 15.6 Å². The first kappa shape index (κ1) is 25.2. The van der Waals surface area contributed by atoms with Crippen molar-refractivity contribution in [2.75, 3.05) is 0 Å². The zero-order valence-electron chi connectivity index (χ0n) is 16.7. The summed E-state index contributed by atoms with van der Waals surface area (Å²) in [6, 6.07) is 8.56. The van der Waals surface area contributed by atoms with Crippen LogP contribution >= 0.6 is 0 Å². The molecule has 0 bridgehead atoms. The summed E-state index contributed by atoms with van der Waals surface area (Å²) in [5.41, 5.74) is 8.09. The van der Waals surface area contributed by atoms with Gasteiger partial charge in [-0.25, -0.2) is 18.0 Å². The molecule has 2 aromatic rings. The molecule has 0 spiro atoms. The van der Waals surface area contributed by atoms with Gasteiger partial charge in [0.25, 0.3) is 0 Å². The number of carbonyl (C=O) groups excluding carboxylic acids is 1. The van der Waals surface area contributed by atoms with Gasteiger partial charge in [-0.05, 0) is 48.6 Å². The van der Waals surface area contributed by atoms with Gasteiger partial charge >= 0.3 is 12.1 Å². The molecule has 1 aliphatic carbocycles. The van der Waals surface area contributed by atoms with Crippen molar-refractivity contribution < 1.29 is 41.0 Å². The first-order chi connectivity index (χ1) is 14.8. The molecule has 0 saturated heterocycles. The maximum atomic E-state index is 13.4. The van der Waals surface area contributed by atoms with E-state index in [9.17, 15) is 31.1 Å². The monoisotopic (exact) mass is 462 g/mol. The summed E-state index contributed by atoms with van der Waals surface area (Å²) < 4.78 is 71.6. The molecule has 0 radical (unpaired) electrons. The molecule has 1 aliphatic rings. The van der Waals surface area contributed by atoms with E-state index in [1.54, 1.807) is 6.92 Å². The summed E-state index contributed by atoms with van der Waals surface area (Å²) in [5, 5.41) is 9.88. The lowest BCUT2D eigenvalue weighted by Crippen LogP contribution is -2.35. The Balaban J connectivity index is 0.000000451. The number of amides is 1. The summed E-state index contributed by atoms with van der Waals surface area (Å²) in [7, 11) is 0. The van der Waals surface area contributed by atoms with Crippen LogP contribution in [-0.4, -0.2) is 23.2 Å². The van der Waals surface area contributed by atoms with Crippen molar-refractivity contribution in [3.05, 3.63) is 70.5 Å². The lowest BCUT2D eigenvalue weighted by atomic mass is 9.80. The Hall–Kier alpha value is -3.08. The van der Waals surface area contributed by atoms with Crippen LogP contribution in [0.3, 0.4) is 0 Å². The van der Waals surface area contributed by atoms with Gasteiger partial charge < -0.3 is 16.2 Å². The molecular formula is C21H20F6N2O3. The normalized spacial score (nSPS) is 18.6. The summed E-state index contributed by atoms with van der Waals surface area (Å²) in [4.78, 5) is 21.6. The molecule has 3 unspecified atom stereocenters. The minimum absolute atomic E-state index is 0.0991. The zero-order valence-corrected chi connectivity index (χ0v) is 16.7. The summed E-state index contributed by atoms with van der Waals surface area (Å²) in [6.07, 6.45) is -3.80. The van der Waals surface area contributed by atoms with Crippen molar-refractivity contribution in [2.45, 2.75) is 43.9 Å². The van der Waals surface area contributed by atoms with Gasteiger partial charge in [0.05, 0.1) is 12.0 Å². The molecule has 11 heteroatoms. The fraction of sp³-hybridized carbons (Fsp3) is 0.333. The number of hydrogen-bond acceptors (Lipinski definition) is 3. The predicted octanol–water partition coefficient (Wildman–Crippen LogP) is 4.49. The number of carbonyl (C=O) groups is 2. The van der Waals surface area contributed by atoms with Crippen LogP contribution in [0.4, 0.5) is 26.3 Å². The molecule has 0 aliphatic heterocycles. The smallest absolute Gasteiger partial charge is 0.475 e. The molecule has 0 saturated carbocycles. The van der Waals surface area contributed by atoms with E-state index in [0.717, 1.165) is 23.3 Å². The fourth-order valence-electron chi connectivity index (χ4n) is 3.32. The molecule has 174 valence electrons. The minimum Gasteiger partial charge on any atom is -0.475 e. The minimum atomic E-state index is -5.08. The van der Waals surface area contributed by atoms with E-state index >= 15 is 0 Å². The average Bonchev–Trinajstić information content (AvgIpc) is 2.71. The molecule has 3 rings (SSSR count). The second-order valence-electron chi connectivity index (χ2n) is 7.20. The van der Waals surface area contributed by atoms with Crippen LogP contribution in [0.2, 0.25) is 0 Å². The molecular weight excluding hydrogens is 442 g/mol. The van der Waals surface area contributed by atoms with Crippen molar-refractivity contribution in [2.24, 2.45) is 5.73 Å². The van der Waals surface area contributed by atoms with Gasteiger partial charge in [-0.15, -0.1) is 0 Å². The van der Waals surface area contributed by atoms with Crippen LogP contribution < -0.4 is 11.1 Å². The third-order valence-electron chi connectivity index (χ3n) is 4.96. The van der Waals surface area contributed by atoms with Gasteiger partial charge in [0.1, 0.15) is 0 Å². The Labute approximate surface area is 179 Å². The fourth-order valence-corrected chi connectivity index (χ4v) is 3.32. The number of benzene rings is 2. The van der Waals surface area contributed by atoms with E-state index in [-0.39, 0.29) is 23.4 Å². The van der Waals surface area contributed by atoms with Crippen LogP contribution in [0.1, 0.15) is 54.5 Å². The molecule has 5 nitrogen and oxygen atoms in total. The highest BCUT2D eigenvalue weighted by Crippen LogP contribution is 2.36. The van der Waals surface area contributed by atoms with Crippen LogP contribution in [-0.2, 0) is 9.59 Å². The van der Waals surface area contributed by atoms with E-state index in [1.165, 1.54) is 0 Å². The first-order valence-corrected chi connectivity index (χ1v) is 9.42. The number of fused-ring (bicyclic) bond motifs is 1. The Morgan fingerprint density at radius 1 is 1.06 bits per heavy atom. The molecule has 3 atom stereocenters. The van der Waals surface area contributed by atoms with Crippen LogP contribution in [0.25, 0.3) is 0 Å². The van der Waals surface area contributed by atoms with Gasteiger partial charge in [0, 0.05) is 6.04 Å². The SMILES string of the molecule is CC(NC(=O)C1CCC(N)c2ccccc21)c1cc(F)c(F)c(F)c1.O=C(O)C(F)(F)F. The molecule has 32 heavy (non-hydrogen) atoms. The number of carboxylic acid groups (broad SMARTS) is 1. The molecule has 2 aromatic carbocycles. The predicted molar refractivity (Wildman–Crippen MR) is 102 cm³/mol. The Morgan fingerprint density at radius 3 is 2.06 bits per heavy atom. The van der Waals surface area contributed by atoms with Crippen molar-refractivity contribution in [3.63, 3.8) is 0 Å². The highest BCUT2D eigenvalue weighted by molar-refractivity contribution is 5.84. The number of rotatable bonds is 3. The number of hydrogen-bond donors (Lipinski definition) is 3. The standard InChI is InChI=1S/C19H19F3N2O.C2HF3O2/c1-10(11-8-15(20)18(22)16(21)9-11)24-19(25)14-6-7-17(23)13-5-3-2-4-12(13)14;3-2(4,5)1(6)7/h2-5,8-10,14,17H,6-7,23H2,1H3,(H,24,25);(H,6,7). The lowest BCUT2D eigenvalue weighted by Gasteiger charge is -2.29. The van der Waals surface area contributed by atoms with E-state index < -0.39 is 35.6 Å². The molecule has 0 heterocycles. The van der Waals surface area contributed by atoms with E-state index in [0.29, 0.717) is 12.8 Å². The lowest BCUT2D eigenvalue weighted by molar-refractivity contribution is -0.192. The molecule has 1 amide bonds. The Kier molecular flexibility index (Phi) is 7.89. The van der Waals surface area contributed by atoms with Crippen molar-refractivity contribution in [3.8, 4) is 0 Å². The van der Waals surface area contributed by atoms with Gasteiger partial charge in [-0.3, -0.25) is 4.79 Å². The number of nitrogens with one attached hydrogen (secondary N) is 1. The Morgan fingerprint density at radius 2 is 1.56 bits per heavy atom. The largest absolute Gasteiger partial charge is 0.490 e. The van der Waals surface area contributed by atoms with E-state index in [1.807, 2.05) is 24.3 Å². The topological polar surface area (TPSA) is 92.4 Å². The van der Waals surface area contributed by atoms with Crippen LogP contribution in [0.5, 0.6) is 0 Å². The van der Waals surface area contributed by atoms with E-state index in [2.05, 4.69) is 5.32 Å². The zero-order chi connectivity index (χ0) is 24.2. The third-order valence-corrected chi connectivity index (χ3v) is 4.96. The third kappa shape index (κ3) is 6.00. The maximum Gasteiger partial charge on any atom is 0.490 e. The summed E-state index contributed by atoms with van der Waals surface area (Å²) in [5.74, 6) is -7.43. The molecule has 0 fully saturated rings. The second-order valence-corrected chi connectivity index (χ2v) is 7.20. The molecule has 4 N–H and O–H groups in total. The number of nitrogens with two attached hydrogens (primary N) is 1. The summed E-state index contributed by atoms with van der Waals surface area (Å²) >= 11 is 0. The second kappa shape index (κ2) is 10.0. The Bertz CT molecular complexity index is 973. The van der Waals surface area contributed by atoms with Crippen molar-refractivity contribution in [1.29, 1.82) is 0 Å². The quantitative estimate of drug-likeness (QED) is 0.463. The van der Waals surface area contributed by atoms with Crippen LogP contribution in [0, 0.1) is 17.5 Å². The number of halogens is 6. The van der Waals surface area contributed by atoms with Gasteiger partial charge in [0.15, 0.2) is 17.5 Å². The number of aliphatic carboxylic acids is 1. The van der Waals surface area contributed by atoms with Crippen molar-refractivity contribution in [1.82, 2.24) is 5.32 Å². The van der Waals surface area contributed by atoms with Gasteiger partial charge in [-0.2, -0.15) is 13.2 Å². The van der Waals surface area contributed by atoms with Crippen molar-refractivity contribution >= 4 is 11.9 Å². The van der Waals surface area contributed by atoms with Gasteiger partial charge in [0.2, 0.25) is 5.91 Å². The number of carboxylic acids is 1. The average molecular weight is 462 g/mol. The summed E-state index contributed by atoms with van der Waals surface area (Å²) in [6.45, 7) is 1.60.